The summed E-state index contributed by atoms with van der Waals surface area (Å²) in [6, 6.07) is 0.636. The van der Waals surface area contributed by atoms with E-state index in [1.54, 1.807) is 6.92 Å². The normalized spacial score (nSPS) is 24.2. The van der Waals surface area contributed by atoms with Gasteiger partial charge in [0.05, 0.1) is 12.2 Å². The molecule has 0 amide bonds. The molecule has 1 aromatic heterocycles. The van der Waals surface area contributed by atoms with Crippen molar-refractivity contribution in [1.82, 2.24) is 13.7 Å². The second kappa shape index (κ2) is 9.22. The number of nitrogens with zero attached hydrogens (tertiary/aromatic N) is 3. The summed E-state index contributed by atoms with van der Waals surface area (Å²) in [5.74, 6) is 0. The predicted molar refractivity (Wildman–Crippen MR) is 113 cm³/mol. The van der Waals surface area contributed by atoms with Crippen molar-refractivity contribution in [2.75, 3.05) is 6.66 Å². The van der Waals surface area contributed by atoms with Crippen molar-refractivity contribution in [3.63, 3.8) is 0 Å². The molecule has 1 aliphatic rings. The molecule has 2 heterocycles. The molecule has 0 aromatic carbocycles. The highest BCUT2D eigenvalue weighted by molar-refractivity contribution is 7.49. The molecule has 4 atom stereocenters. The molecule has 8 nitrogen and oxygen atoms in total. The third-order valence-electron chi connectivity index (χ3n) is 4.85. The molecule has 2 rings (SSSR count). The van der Waals surface area contributed by atoms with Gasteiger partial charge in [-0.15, -0.1) is 0 Å². The first-order chi connectivity index (χ1) is 13.5. The first-order valence-corrected chi connectivity index (χ1v) is 11.3. The summed E-state index contributed by atoms with van der Waals surface area (Å²) >= 11 is 0. The van der Waals surface area contributed by atoms with E-state index in [2.05, 4.69) is 32.4 Å². The van der Waals surface area contributed by atoms with E-state index in [9.17, 15) is 14.6 Å². The lowest BCUT2D eigenvalue weighted by Gasteiger charge is -2.36. The average molecular weight is 414 g/mol. The molecule has 1 aromatic rings. The smallest absolute Gasteiger partial charge is 0.420 e. The molecule has 158 valence electrons. The van der Waals surface area contributed by atoms with Gasteiger partial charge in [0.15, 0.2) is 0 Å². The van der Waals surface area contributed by atoms with Crippen LogP contribution in [0.4, 0.5) is 0 Å². The zero-order valence-corrected chi connectivity index (χ0v) is 18.7. The third kappa shape index (κ3) is 4.77. The summed E-state index contributed by atoms with van der Waals surface area (Å²) < 4.78 is 24.6. The lowest BCUT2D eigenvalue weighted by Crippen LogP contribution is -2.48. The van der Waals surface area contributed by atoms with Gasteiger partial charge in [0, 0.05) is 31.6 Å². The van der Waals surface area contributed by atoms with Crippen molar-refractivity contribution < 1.29 is 15.7 Å². The van der Waals surface area contributed by atoms with Crippen molar-refractivity contribution in [2.45, 2.75) is 85.3 Å². The van der Waals surface area contributed by atoms with Crippen LogP contribution in [-0.2, 0) is 9.26 Å². The summed E-state index contributed by atoms with van der Waals surface area (Å²) in [7, 11) is -2.14. The molecule has 10 heteroatoms. The fourth-order valence-electron chi connectivity index (χ4n) is 3.74. The molecule has 1 fully saturated rings. The zero-order chi connectivity index (χ0) is 22.0. The Morgan fingerprint density at radius 3 is 2.50 bits per heavy atom. The second-order valence-electron chi connectivity index (χ2n) is 7.85. The maximum absolute atomic E-state index is 12.8. The Balaban J connectivity index is 2.30. The molecule has 1 aliphatic heterocycles. The summed E-state index contributed by atoms with van der Waals surface area (Å²) in [4.78, 5) is 25.0. The SMILES string of the molecule is [2H]C[C@H]1O[C@@H](n2cc(C)c(=O)n(B(C)O)c2=O)C[C@H]1OP(C)N(C(C)C)C(C)C. The van der Waals surface area contributed by atoms with Crippen LogP contribution < -0.4 is 11.2 Å². The van der Waals surface area contributed by atoms with Gasteiger partial charge in [-0.2, -0.15) is 0 Å². The Kier molecular flexibility index (Phi) is 7.15. The standard InChI is InChI=1S/C18H33BN3O5P/c1-11(2)22(12(3)4)28(8)27-15-9-16(26-14(15)6)20-10-13(5)17(23)21(18(20)24)19(7)25/h10-12,14-16,25H,9H2,1-8H3/t14-,15-,16-,28?/m1/s1/i6D. The number of ether oxygens (including phenoxy) is 1. The molecule has 0 aliphatic carbocycles. The second-order valence-corrected chi connectivity index (χ2v) is 9.45. The fraction of sp³-hybridized carbons (Fsp3) is 0.778. The minimum absolute atomic E-state index is 0.0114. The van der Waals surface area contributed by atoms with Crippen LogP contribution in [0.2, 0.25) is 6.82 Å². The monoisotopic (exact) mass is 414 g/mol. The Morgan fingerprint density at radius 2 is 2.00 bits per heavy atom. The Morgan fingerprint density at radius 1 is 1.39 bits per heavy atom. The number of aryl methyl sites for hydroxylation is 1. The van der Waals surface area contributed by atoms with Crippen molar-refractivity contribution in [2.24, 2.45) is 0 Å². The van der Waals surface area contributed by atoms with Crippen LogP contribution in [-0.4, -0.2) is 56.7 Å². The van der Waals surface area contributed by atoms with Gasteiger partial charge in [0.1, 0.15) is 14.5 Å². The lowest BCUT2D eigenvalue weighted by molar-refractivity contribution is -0.00668. The summed E-state index contributed by atoms with van der Waals surface area (Å²) in [6.45, 7) is 13.5. The minimum atomic E-state index is -1.24. The lowest BCUT2D eigenvalue weighted by atomic mass is 9.88. The minimum Gasteiger partial charge on any atom is -0.432 e. The number of hydrogen-bond donors (Lipinski definition) is 1. The summed E-state index contributed by atoms with van der Waals surface area (Å²) in [5, 5.41) is 9.86. The first kappa shape index (κ1) is 21.7. The van der Waals surface area contributed by atoms with Crippen LogP contribution in [0, 0.1) is 6.92 Å². The first-order valence-electron chi connectivity index (χ1n) is 10.4. The van der Waals surface area contributed by atoms with E-state index < -0.39 is 38.9 Å². The molecule has 0 saturated carbocycles. The van der Waals surface area contributed by atoms with Crippen LogP contribution >= 0.6 is 8.30 Å². The van der Waals surface area contributed by atoms with Gasteiger partial charge in [-0.3, -0.25) is 18.5 Å². The fourth-order valence-corrected chi connectivity index (χ4v) is 5.76. The number of aromatic nitrogens is 2. The van der Waals surface area contributed by atoms with Gasteiger partial charge in [0.2, 0.25) is 5.56 Å². The molecule has 1 N–H and O–H groups in total. The van der Waals surface area contributed by atoms with Crippen LogP contribution in [0.15, 0.2) is 15.8 Å². The van der Waals surface area contributed by atoms with Gasteiger partial charge < -0.3 is 14.3 Å². The Labute approximate surface area is 169 Å². The van der Waals surface area contributed by atoms with Crippen LogP contribution in [0.3, 0.4) is 0 Å². The van der Waals surface area contributed by atoms with E-state index in [1.807, 2.05) is 6.66 Å². The van der Waals surface area contributed by atoms with E-state index in [0.29, 0.717) is 24.1 Å². The Bertz CT molecular complexity index is 808. The number of hydrogen-bond acceptors (Lipinski definition) is 6. The number of rotatable bonds is 7. The highest BCUT2D eigenvalue weighted by Gasteiger charge is 2.38. The maximum atomic E-state index is 12.8. The molecule has 1 saturated heterocycles. The average Bonchev–Trinajstić information content (AvgIpc) is 2.99. The van der Waals surface area contributed by atoms with E-state index in [0.717, 1.165) is 4.48 Å². The summed E-state index contributed by atoms with van der Waals surface area (Å²) in [6.07, 6.45) is 0.415. The van der Waals surface area contributed by atoms with Gasteiger partial charge in [-0.05, 0) is 55.0 Å². The molecule has 0 bridgehead atoms. The topological polar surface area (TPSA) is 85.9 Å². The molecule has 0 radical (unpaired) electrons. The highest BCUT2D eigenvalue weighted by atomic mass is 31.2. The molecular formula is C18H33BN3O5P. The van der Waals surface area contributed by atoms with Crippen molar-refractivity contribution in [1.29, 1.82) is 0 Å². The summed E-state index contributed by atoms with van der Waals surface area (Å²) in [5.41, 5.74) is -0.815. The quantitative estimate of drug-likeness (QED) is 0.543. The van der Waals surface area contributed by atoms with Crippen molar-refractivity contribution >= 4 is 15.3 Å². The van der Waals surface area contributed by atoms with Gasteiger partial charge >= 0.3 is 12.7 Å². The van der Waals surface area contributed by atoms with E-state index >= 15 is 0 Å². The van der Waals surface area contributed by atoms with Gasteiger partial charge in [-0.25, -0.2) is 4.79 Å². The predicted octanol–water partition coefficient (Wildman–Crippen LogP) is 2.03. The molecule has 28 heavy (non-hydrogen) atoms. The van der Waals surface area contributed by atoms with Gasteiger partial charge in [-0.1, -0.05) is 0 Å². The molecule has 1 unspecified atom stereocenters. The van der Waals surface area contributed by atoms with Crippen LogP contribution in [0.25, 0.3) is 0 Å². The zero-order valence-electron chi connectivity index (χ0n) is 18.8. The molecular weight excluding hydrogens is 380 g/mol. The Hall–Kier alpha value is -0.985. The van der Waals surface area contributed by atoms with Crippen molar-refractivity contribution in [3.8, 4) is 0 Å². The third-order valence-corrected chi connectivity index (χ3v) is 7.00. The van der Waals surface area contributed by atoms with Crippen LogP contribution in [0.1, 0.15) is 54.2 Å². The van der Waals surface area contributed by atoms with Crippen LogP contribution in [0.5, 0.6) is 0 Å². The molecule has 0 spiro atoms. The van der Waals surface area contributed by atoms with Gasteiger partial charge in [0.25, 0.3) is 0 Å². The van der Waals surface area contributed by atoms with Crippen molar-refractivity contribution in [3.05, 3.63) is 32.6 Å². The highest BCUT2D eigenvalue weighted by Crippen LogP contribution is 2.45. The maximum Gasteiger partial charge on any atom is 0.420 e. The van der Waals surface area contributed by atoms with E-state index in [4.69, 9.17) is 10.6 Å². The van der Waals surface area contributed by atoms with E-state index in [1.165, 1.54) is 17.6 Å². The van der Waals surface area contributed by atoms with E-state index in [-0.39, 0.29) is 13.0 Å². The largest absolute Gasteiger partial charge is 0.432 e.